The number of hydrogen-bond donors (Lipinski definition) is 1. The summed E-state index contributed by atoms with van der Waals surface area (Å²) in [7, 11) is 1.99. The van der Waals surface area contributed by atoms with Crippen LogP contribution in [0.2, 0.25) is 5.02 Å². The van der Waals surface area contributed by atoms with E-state index in [4.69, 9.17) is 11.6 Å². The van der Waals surface area contributed by atoms with E-state index in [0.29, 0.717) is 0 Å². The van der Waals surface area contributed by atoms with Gasteiger partial charge in [0.2, 0.25) is 0 Å². The largest absolute Gasteiger partial charge is 0.313 e. The van der Waals surface area contributed by atoms with Crippen molar-refractivity contribution < 1.29 is 0 Å². The van der Waals surface area contributed by atoms with Gasteiger partial charge in [0.1, 0.15) is 0 Å². The standard InChI is InChI=1S/C17H15BrClNS/c1-20-16(11-6-13(18)9-14(19)7-11)8-12-10-21-17-5-3-2-4-15(12)17/h2-7,9-10,16,20H,8H2,1H3. The fraction of sp³-hybridized carbons (Fsp3) is 0.176. The molecule has 1 aromatic heterocycles. The molecule has 0 aliphatic carbocycles. The molecule has 0 radical (unpaired) electrons. The van der Waals surface area contributed by atoms with Crippen LogP contribution in [0, 0.1) is 0 Å². The van der Waals surface area contributed by atoms with Gasteiger partial charge in [-0.25, -0.2) is 0 Å². The van der Waals surface area contributed by atoms with Crippen molar-refractivity contribution in [2.24, 2.45) is 0 Å². The lowest BCUT2D eigenvalue weighted by Gasteiger charge is -2.17. The zero-order chi connectivity index (χ0) is 14.8. The lowest BCUT2D eigenvalue weighted by molar-refractivity contribution is 0.594. The van der Waals surface area contributed by atoms with Crippen molar-refractivity contribution in [1.29, 1.82) is 0 Å². The van der Waals surface area contributed by atoms with Crippen LogP contribution in [0.25, 0.3) is 10.1 Å². The number of benzene rings is 2. The minimum Gasteiger partial charge on any atom is -0.313 e. The summed E-state index contributed by atoms with van der Waals surface area (Å²) in [4.78, 5) is 0. The molecular weight excluding hydrogens is 366 g/mol. The Morgan fingerprint density at radius 3 is 2.81 bits per heavy atom. The Labute approximate surface area is 142 Å². The third kappa shape index (κ3) is 3.32. The Kier molecular flexibility index (Phi) is 4.65. The van der Waals surface area contributed by atoms with Gasteiger partial charge in [0, 0.05) is 20.2 Å². The molecule has 1 unspecified atom stereocenters. The number of thiophene rings is 1. The molecule has 0 saturated heterocycles. The van der Waals surface area contributed by atoms with Gasteiger partial charge in [-0.1, -0.05) is 45.7 Å². The molecule has 1 heterocycles. The van der Waals surface area contributed by atoms with Crippen LogP contribution in [-0.2, 0) is 6.42 Å². The Morgan fingerprint density at radius 2 is 2.05 bits per heavy atom. The highest BCUT2D eigenvalue weighted by Gasteiger charge is 2.14. The van der Waals surface area contributed by atoms with Crippen molar-refractivity contribution in [3.8, 4) is 0 Å². The van der Waals surface area contributed by atoms with E-state index in [-0.39, 0.29) is 6.04 Å². The number of fused-ring (bicyclic) bond motifs is 1. The topological polar surface area (TPSA) is 12.0 Å². The number of halogens is 2. The Morgan fingerprint density at radius 1 is 1.24 bits per heavy atom. The highest BCUT2D eigenvalue weighted by atomic mass is 79.9. The van der Waals surface area contributed by atoms with Gasteiger partial charge < -0.3 is 5.32 Å². The highest BCUT2D eigenvalue weighted by Crippen LogP contribution is 2.31. The maximum Gasteiger partial charge on any atom is 0.0420 e. The smallest absolute Gasteiger partial charge is 0.0420 e. The zero-order valence-corrected chi connectivity index (χ0v) is 14.7. The van der Waals surface area contributed by atoms with E-state index in [1.165, 1.54) is 21.2 Å². The number of nitrogens with one attached hydrogen (secondary N) is 1. The molecule has 0 amide bonds. The van der Waals surface area contributed by atoms with Crippen LogP contribution in [0.5, 0.6) is 0 Å². The van der Waals surface area contributed by atoms with E-state index in [1.54, 1.807) is 11.3 Å². The van der Waals surface area contributed by atoms with Crippen LogP contribution in [0.4, 0.5) is 0 Å². The molecule has 0 aliphatic rings. The Bertz CT molecular complexity index is 748. The van der Waals surface area contributed by atoms with Crippen molar-refractivity contribution in [3.05, 3.63) is 68.5 Å². The van der Waals surface area contributed by atoms with Gasteiger partial charge in [0.05, 0.1) is 0 Å². The maximum absolute atomic E-state index is 6.17. The minimum absolute atomic E-state index is 0.248. The van der Waals surface area contributed by atoms with Gasteiger partial charge >= 0.3 is 0 Å². The summed E-state index contributed by atoms with van der Waals surface area (Å²) < 4.78 is 2.36. The third-order valence-corrected chi connectivity index (χ3v) is 5.31. The average molecular weight is 381 g/mol. The highest BCUT2D eigenvalue weighted by molar-refractivity contribution is 9.10. The Balaban J connectivity index is 1.94. The summed E-state index contributed by atoms with van der Waals surface area (Å²) in [6.07, 6.45) is 0.952. The normalized spacial score (nSPS) is 12.7. The zero-order valence-electron chi connectivity index (χ0n) is 11.6. The SMILES string of the molecule is CNC(Cc1csc2ccccc12)c1cc(Cl)cc(Br)c1. The summed E-state index contributed by atoms with van der Waals surface area (Å²) >= 11 is 11.5. The molecule has 2 aromatic carbocycles. The van der Waals surface area contributed by atoms with Crippen molar-refractivity contribution in [1.82, 2.24) is 5.32 Å². The first-order chi connectivity index (χ1) is 10.2. The summed E-state index contributed by atoms with van der Waals surface area (Å²) in [5.41, 5.74) is 2.58. The third-order valence-electron chi connectivity index (χ3n) is 3.62. The summed E-state index contributed by atoms with van der Waals surface area (Å²) in [5, 5.41) is 7.77. The van der Waals surface area contributed by atoms with Gasteiger partial charge in [-0.15, -0.1) is 11.3 Å². The Hall–Kier alpha value is -0.870. The van der Waals surface area contributed by atoms with E-state index in [1.807, 2.05) is 19.2 Å². The van der Waals surface area contributed by atoms with Crippen LogP contribution in [-0.4, -0.2) is 7.05 Å². The second kappa shape index (κ2) is 6.49. The van der Waals surface area contributed by atoms with E-state index in [0.717, 1.165) is 15.9 Å². The first kappa shape index (κ1) is 15.0. The van der Waals surface area contributed by atoms with Crippen molar-refractivity contribution >= 4 is 49.0 Å². The molecule has 3 rings (SSSR count). The first-order valence-electron chi connectivity index (χ1n) is 6.76. The first-order valence-corrected chi connectivity index (χ1v) is 8.81. The predicted octanol–water partition coefficient (Wildman–Crippen LogP) is 5.82. The molecule has 1 nitrogen and oxygen atoms in total. The summed E-state index contributed by atoms with van der Waals surface area (Å²) in [6.45, 7) is 0. The van der Waals surface area contributed by atoms with Crippen LogP contribution < -0.4 is 5.32 Å². The second-order valence-corrected chi connectivity index (χ2v) is 7.27. The van der Waals surface area contributed by atoms with Crippen LogP contribution in [0.1, 0.15) is 17.2 Å². The minimum atomic E-state index is 0.248. The molecule has 0 spiro atoms. The average Bonchev–Trinajstić information content (AvgIpc) is 2.87. The van der Waals surface area contributed by atoms with Crippen LogP contribution in [0.15, 0.2) is 52.3 Å². The number of rotatable bonds is 4. The molecule has 0 bridgehead atoms. The van der Waals surface area contributed by atoms with Crippen molar-refractivity contribution in [3.63, 3.8) is 0 Å². The molecule has 21 heavy (non-hydrogen) atoms. The molecule has 4 heteroatoms. The second-order valence-electron chi connectivity index (χ2n) is 5.01. The molecule has 0 saturated carbocycles. The summed E-state index contributed by atoms with van der Waals surface area (Å²) in [5.74, 6) is 0. The van der Waals surface area contributed by atoms with E-state index < -0.39 is 0 Å². The molecule has 1 atom stereocenters. The van der Waals surface area contributed by atoms with E-state index in [9.17, 15) is 0 Å². The lowest BCUT2D eigenvalue weighted by Crippen LogP contribution is -2.18. The van der Waals surface area contributed by atoms with Crippen LogP contribution >= 0.6 is 38.9 Å². The van der Waals surface area contributed by atoms with Gasteiger partial charge in [0.15, 0.2) is 0 Å². The molecule has 0 fully saturated rings. The molecule has 0 aliphatic heterocycles. The quantitative estimate of drug-likeness (QED) is 0.601. The predicted molar refractivity (Wildman–Crippen MR) is 96.5 cm³/mol. The maximum atomic E-state index is 6.17. The van der Waals surface area contributed by atoms with Gasteiger partial charge in [-0.2, -0.15) is 0 Å². The van der Waals surface area contributed by atoms with Gasteiger partial charge in [-0.3, -0.25) is 0 Å². The van der Waals surface area contributed by atoms with Gasteiger partial charge in [0.25, 0.3) is 0 Å². The molecule has 1 N–H and O–H groups in total. The van der Waals surface area contributed by atoms with E-state index >= 15 is 0 Å². The van der Waals surface area contributed by atoms with Gasteiger partial charge in [-0.05, 0) is 59.6 Å². The lowest BCUT2D eigenvalue weighted by atomic mass is 9.99. The fourth-order valence-electron chi connectivity index (χ4n) is 2.57. The molecule has 3 aromatic rings. The number of hydrogen-bond acceptors (Lipinski definition) is 2. The number of likely N-dealkylation sites (N-methyl/N-ethyl adjacent to an activating group) is 1. The van der Waals surface area contributed by atoms with Crippen molar-refractivity contribution in [2.75, 3.05) is 7.05 Å². The summed E-state index contributed by atoms with van der Waals surface area (Å²) in [6, 6.07) is 14.9. The fourth-order valence-corrected chi connectivity index (χ4v) is 4.44. The molecule has 108 valence electrons. The van der Waals surface area contributed by atoms with Crippen LogP contribution in [0.3, 0.4) is 0 Å². The monoisotopic (exact) mass is 379 g/mol. The van der Waals surface area contributed by atoms with Crippen molar-refractivity contribution in [2.45, 2.75) is 12.5 Å². The molecular formula is C17H15BrClNS. The van der Waals surface area contributed by atoms with E-state index in [2.05, 4.69) is 57.0 Å².